The van der Waals surface area contributed by atoms with Crippen LogP contribution in [0.5, 0.6) is 5.88 Å². The average Bonchev–Trinajstić information content (AvgIpc) is 3.11. The minimum Gasteiger partial charge on any atom is -0.476 e. The second-order valence-electron chi connectivity index (χ2n) is 6.54. The fraction of sp³-hybridized carbons (Fsp3) is 0.611. The van der Waals surface area contributed by atoms with Crippen LogP contribution in [0.4, 0.5) is 0 Å². The number of ether oxygens (including phenoxy) is 3. The molecule has 0 atom stereocenters. The third-order valence-electron chi connectivity index (χ3n) is 4.47. The normalized spacial score (nSPS) is 15.2. The minimum absolute atomic E-state index is 0. The number of nitrogens with zero attached hydrogens (tertiary/aromatic N) is 2. The molecule has 0 amide bonds. The summed E-state index contributed by atoms with van der Waals surface area (Å²) < 4.78 is 19.4. The van der Waals surface area contributed by atoms with Crippen LogP contribution in [0.15, 0.2) is 12.3 Å². The van der Waals surface area contributed by atoms with Gasteiger partial charge >= 0.3 is 0 Å². The molecule has 1 aliphatic heterocycles. The molecular formula is C18H27ClN2O3. The van der Waals surface area contributed by atoms with Crippen LogP contribution in [0.25, 0.3) is 10.9 Å². The maximum absolute atomic E-state index is 5.99. The van der Waals surface area contributed by atoms with E-state index in [1.165, 1.54) is 16.6 Å². The molecule has 0 aromatic carbocycles. The molecule has 6 heteroatoms. The molecule has 0 radical (unpaired) electrons. The average molecular weight is 355 g/mol. The molecule has 0 spiro atoms. The summed E-state index contributed by atoms with van der Waals surface area (Å²) in [6.07, 6.45) is 2.66. The van der Waals surface area contributed by atoms with Crippen molar-refractivity contribution in [3.8, 4) is 5.88 Å². The van der Waals surface area contributed by atoms with Gasteiger partial charge in [-0.3, -0.25) is 0 Å². The van der Waals surface area contributed by atoms with E-state index >= 15 is 0 Å². The number of aryl methyl sites for hydroxylation is 1. The fourth-order valence-electron chi connectivity index (χ4n) is 2.95. The van der Waals surface area contributed by atoms with Gasteiger partial charge < -0.3 is 18.8 Å². The summed E-state index contributed by atoms with van der Waals surface area (Å²) in [6, 6.07) is 2.06. The first-order valence-corrected chi connectivity index (χ1v) is 8.38. The molecule has 2 aromatic rings. The van der Waals surface area contributed by atoms with Gasteiger partial charge in [-0.1, -0.05) is 13.8 Å². The number of aromatic nitrogens is 2. The molecule has 0 N–H and O–H groups in total. The summed E-state index contributed by atoms with van der Waals surface area (Å²) in [5.41, 5.74) is 3.51. The fourth-order valence-corrected chi connectivity index (χ4v) is 2.95. The second kappa shape index (κ2) is 8.19. The number of rotatable bonds is 6. The molecule has 3 heterocycles. The zero-order chi connectivity index (χ0) is 16.4. The van der Waals surface area contributed by atoms with Crippen LogP contribution in [-0.4, -0.2) is 35.7 Å². The third kappa shape index (κ3) is 3.85. The van der Waals surface area contributed by atoms with Crippen molar-refractivity contribution in [3.05, 3.63) is 23.5 Å². The van der Waals surface area contributed by atoms with Crippen molar-refractivity contribution in [2.45, 2.75) is 47.0 Å². The lowest BCUT2D eigenvalue weighted by atomic mass is 10.1. The predicted molar refractivity (Wildman–Crippen MR) is 97.1 cm³/mol. The number of fused-ring (bicyclic) bond motifs is 1. The van der Waals surface area contributed by atoms with Gasteiger partial charge in [0.1, 0.15) is 5.52 Å². The van der Waals surface area contributed by atoms with Gasteiger partial charge in [0.2, 0.25) is 5.88 Å². The topological polar surface area (TPSA) is 45.5 Å². The van der Waals surface area contributed by atoms with E-state index in [4.69, 9.17) is 14.2 Å². The van der Waals surface area contributed by atoms with Gasteiger partial charge in [0, 0.05) is 17.3 Å². The number of pyridine rings is 1. The van der Waals surface area contributed by atoms with Gasteiger partial charge in [0.25, 0.3) is 0 Å². The summed E-state index contributed by atoms with van der Waals surface area (Å²) in [5.74, 6) is 1.32. The van der Waals surface area contributed by atoms with E-state index in [9.17, 15) is 0 Å². The first kappa shape index (κ1) is 19.0. The molecule has 0 unspecified atom stereocenters. The first-order chi connectivity index (χ1) is 11.1. The molecule has 0 saturated carbocycles. The lowest BCUT2D eigenvalue weighted by Crippen LogP contribution is -2.18. The minimum atomic E-state index is -0.188. The Bertz CT molecular complexity index is 678. The van der Waals surface area contributed by atoms with E-state index in [1.54, 1.807) is 0 Å². The third-order valence-corrected chi connectivity index (χ3v) is 4.47. The van der Waals surface area contributed by atoms with Crippen LogP contribution >= 0.6 is 12.4 Å². The predicted octanol–water partition coefficient (Wildman–Crippen LogP) is 3.87. The highest BCUT2D eigenvalue weighted by Gasteiger charge is 2.22. The summed E-state index contributed by atoms with van der Waals surface area (Å²) >= 11 is 0. The molecule has 0 bridgehead atoms. The Hall–Kier alpha value is -1.30. The summed E-state index contributed by atoms with van der Waals surface area (Å²) in [5, 5.41) is 1.19. The summed E-state index contributed by atoms with van der Waals surface area (Å²) in [6.45, 7) is 11.3. The van der Waals surface area contributed by atoms with Gasteiger partial charge in [0.15, 0.2) is 6.29 Å². The van der Waals surface area contributed by atoms with Crippen molar-refractivity contribution in [1.82, 2.24) is 9.55 Å². The molecule has 5 nitrogen and oxygen atoms in total. The number of halogens is 1. The lowest BCUT2D eigenvalue weighted by molar-refractivity contribution is -0.0520. The molecule has 0 aliphatic carbocycles. The smallest absolute Gasteiger partial charge is 0.238 e. The Balaban J connectivity index is 0.00000208. The van der Waals surface area contributed by atoms with E-state index in [-0.39, 0.29) is 18.7 Å². The van der Waals surface area contributed by atoms with Crippen molar-refractivity contribution < 1.29 is 14.2 Å². The van der Waals surface area contributed by atoms with Crippen LogP contribution in [0.3, 0.4) is 0 Å². The van der Waals surface area contributed by atoms with Crippen molar-refractivity contribution in [2.24, 2.45) is 5.92 Å². The highest BCUT2D eigenvalue weighted by atomic mass is 35.5. The monoisotopic (exact) mass is 354 g/mol. The van der Waals surface area contributed by atoms with E-state index in [0.29, 0.717) is 38.2 Å². The Morgan fingerprint density at radius 1 is 1.29 bits per heavy atom. The molecule has 24 heavy (non-hydrogen) atoms. The van der Waals surface area contributed by atoms with Gasteiger partial charge in [-0.15, -0.1) is 12.4 Å². The molecule has 3 rings (SSSR count). The zero-order valence-corrected chi connectivity index (χ0v) is 15.7. The number of hydrogen-bond donors (Lipinski definition) is 0. The van der Waals surface area contributed by atoms with E-state index in [0.717, 1.165) is 11.9 Å². The SMILES string of the molecule is Cc1c(C)n(CC2OCCO2)c2c(OCCC(C)C)nccc12.Cl. The molecule has 1 fully saturated rings. The van der Waals surface area contributed by atoms with Crippen LogP contribution in [-0.2, 0) is 16.0 Å². The van der Waals surface area contributed by atoms with Gasteiger partial charge in [-0.05, 0) is 37.8 Å². The second-order valence-corrected chi connectivity index (χ2v) is 6.54. The zero-order valence-electron chi connectivity index (χ0n) is 14.9. The van der Waals surface area contributed by atoms with Crippen molar-refractivity contribution in [3.63, 3.8) is 0 Å². The van der Waals surface area contributed by atoms with Gasteiger partial charge in [-0.2, -0.15) is 0 Å². The Morgan fingerprint density at radius 3 is 2.67 bits per heavy atom. The van der Waals surface area contributed by atoms with E-state index < -0.39 is 0 Å². The van der Waals surface area contributed by atoms with Crippen molar-refractivity contribution >= 4 is 23.3 Å². The number of hydrogen-bond acceptors (Lipinski definition) is 4. The summed E-state index contributed by atoms with van der Waals surface area (Å²) in [4.78, 5) is 4.47. The molecule has 1 aliphatic rings. The van der Waals surface area contributed by atoms with Gasteiger partial charge in [-0.25, -0.2) is 4.98 Å². The standard InChI is InChI=1S/C18H26N2O3.ClH/c1-12(2)6-8-23-18-17-15(5-7-19-18)13(3)14(4)20(17)11-16-21-9-10-22-16;/h5,7,12,16H,6,8-11H2,1-4H3;1H. The van der Waals surface area contributed by atoms with E-state index in [1.807, 2.05) is 6.20 Å². The van der Waals surface area contributed by atoms with Gasteiger partial charge in [0.05, 0.1) is 26.4 Å². The van der Waals surface area contributed by atoms with Crippen LogP contribution < -0.4 is 4.74 Å². The highest BCUT2D eigenvalue weighted by molar-refractivity contribution is 5.88. The lowest BCUT2D eigenvalue weighted by Gasteiger charge is -2.15. The maximum Gasteiger partial charge on any atom is 0.238 e. The van der Waals surface area contributed by atoms with Crippen LogP contribution in [0.1, 0.15) is 31.5 Å². The summed E-state index contributed by atoms with van der Waals surface area (Å²) in [7, 11) is 0. The Morgan fingerprint density at radius 2 is 2.00 bits per heavy atom. The van der Waals surface area contributed by atoms with Crippen LogP contribution in [0, 0.1) is 19.8 Å². The Kier molecular flexibility index (Phi) is 6.49. The van der Waals surface area contributed by atoms with E-state index in [2.05, 4.69) is 43.3 Å². The highest BCUT2D eigenvalue weighted by Crippen LogP contribution is 2.31. The maximum atomic E-state index is 5.99. The first-order valence-electron chi connectivity index (χ1n) is 8.38. The van der Waals surface area contributed by atoms with Crippen molar-refractivity contribution in [1.29, 1.82) is 0 Å². The quantitative estimate of drug-likeness (QED) is 0.789. The largest absolute Gasteiger partial charge is 0.476 e. The molecule has 2 aromatic heterocycles. The van der Waals surface area contributed by atoms with Crippen LogP contribution in [0.2, 0.25) is 0 Å². The Labute approximate surface area is 149 Å². The molecule has 1 saturated heterocycles. The molecule has 134 valence electrons. The van der Waals surface area contributed by atoms with Crippen molar-refractivity contribution in [2.75, 3.05) is 19.8 Å². The molecular weight excluding hydrogens is 328 g/mol.